The van der Waals surface area contributed by atoms with Gasteiger partial charge in [0, 0.05) is 17.0 Å². The van der Waals surface area contributed by atoms with Crippen LogP contribution in [0.25, 0.3) is 0 Å². The predicted octanol–water partition coefficient (Wildman–Crippen LogP) is 7.93. The molecule has 2 aromatic carbocycles. The maximum atomic E-state index is 11.7. The topological polar surface area (TPSA) is 51.2 Å². The van der Waals surface area contributed by atoms with Gasteiger partial charge in [0.1, 0.15) is 6.29 Å². The molecule has 164 valence electrons. The van der Waals surface area contributed by atoms with Crippen LogP contribution in [0.5, 0.6) is 0 Å². The van der Waals surface area contributed by atoms with Gasteiger partial charge in [0.05, 0.1) is 20.1 Å². The number of Topliss-reactive ketones (excluding diaryl/α,β-unsaturated/α-hetero) is 1. The smallest absolute Gasteiger partial charge is 0.185 e. The van der Waals surface area contributed by atoms with Gasteiger partial charge in [-0.1, -0.05) is 52.5 Å². The number of rotatable bonds is 5. The number of carbonyl (C=O) groups is 3. The Morgan fingerprint density at radius 1 is 0.774 bits per heavy atom. The van der Waals surface area contributed by atoms with Gasteiger partial charge >= 0.3 is 0 Å². The summed E-state index contributed by atoms with van der Waals surface area (Å²) in [7, 11) is 0. The first kappa shape index (κ1) is 25.6. The van der Waals surface area contributed by atoms with Gasteiger partial charge < -0.3 is 4.79 Å². The predicted molar refractivity (Wildman–Crippen MR) is 128 cm³/mol. The van der Waals surface area contributed by atoms with Crippen LogP contribution in [-0.2, 0) is 4.79 Å². The minimum absolute atomic E-state index is 0.0106. The number of hydrogen-bond donors (Lipinski definition) is 0. The molecule has 2 saturated carbocycles. The summed E-state index contributed by atoms with van der Waals surface area (Å²) in [5.74, 6) is 1.04. The van der Waals surface area contributed by atoms with E-state index in [0.29, 0.717) is 43.1 Å². The van der Waals surface area contributed by atoms with Gasteiger partial charge in [0.2, 0.25) is 0 Å². The molecule has 2 fully saturated rings. The van der Waals surface area contributed by atoms with E-state index in [1.807, 2.05) is 6.08 Å². The quantitative estimate of drug-likeness (QED) is 0.238. The highest BCUT2D eigenvalue weighted by Gasteiger charge is 2.19. The highest BCUT2D eigenvalue weighted by Crippen LogP contribution is 2.30. The summed E-state index contributed by atoms with van der Waals surface area (Å²) < 4.78 is 0. The first-order valence-electron chi connectivity index (χ1n) is 9.80. The van der Waals surface area contributed by atoms with Crippen molar-refractivity contribution in [2.75, 3.05) is 0 Å². The van der Waals surface area contributed by atoms with E-state index >= 15 is 0 Å². The highest BCUT2D eigenvalue weighted by molar-refractivity contribution is 6.42. The van der Waals surface area contributed by atoms with Crippen LogP contribution >= 0.6 is 46.4 Å². The normalized spacial score (nSPS) is 14.7. The molecule has 0 spiro atoms. The zero-order valence-electron chi connectivity index (χ0n) is 16.9. The van der Waals surface area contributed by atoms with Crippen molar-refractivity contribution in [2.24, 2.45) is 11.8 Å². The average molecular weight is 500 g/mol. The number of allylic oxidation sites excluding steroid dienone is 2. The van der Waals surface area contributed by atoms with Crippen molar-refractivity contribution < 1.29 is 14.4 Å². The van der Waals surface area contributed by atoms with Gasteiger partial charge in [0.25, 0.3) is 0 Å². The molecule has 7 heteroatoms. The van der Waals surface area contributed by atoms with E-state index in [0.717, 1.165) is 19.1 Å². The van der Waals surface area contributed by atoms with Crippen molar-refractivity contribution in [2.45, 2.75) is 32.6 Å². The number of hydrogen-bond acceptors (Lipinski definition) is 3. The van der Waals surface area contributed by atoms with Crippen LogP contribution in [0.15, 0.2) is 48.6 Å². The molecule has 0 amide bonds. The van der Waals surface area contributed by atoms with Gasteiger partial charge in [-0.2, -0.15) is 0 Å². The fourth-order valence-electron chi connectivity index (χ4n) is 2.21. The van der Waals surface area contributed by atoms with Crippen LogP contribution in [0.3, 0.4) is 0 Å². The third kappa shape index (κ3) is 9.57. The summed E-state index contributed by atoms with van der Waals surface area (Å²) in [5.41, 5.74) is 1.17. The van der Waals surface area contributed by atoms with Crippen molar-refractivity contribution in [3.05, 3.63) is 79.8 Å². The Morgan fingerprint density at radius 3 is 1.65 bits per heavy atom. The molecule has 0 radical (unpaired) electrons. The number of halogens is 4. The lowest BCUT2D eigenvalue weighted by Gasteiger charge is -1.98. The maximum Gasteiger partial charge on any atom is 0.185 e. The fourth-order valence-corrected chi connectivity index (χ4v) is 2.80. The molecule has 0 bridgehead atoms. The maximum absolute atomic E-state index is 11.7. The second-order valence-corrected chi connectivity index (χ2v) is 8.98. The lowest BCUT2D eigenvalue weighted by molar-refractivity contribution is -0.108. The summed E-state index contributed by atoms with van der Waals surface area (Å²) in [6.45, 7) is 1.49. The number of benzene rings is 2. The average Bonchev–Trinajstić information content (AvgIpc) is 3.65. The molecule has 3 nitrogen and oxygen atoms in total. The Morgan fingerprint density at radius 2 is 1.26 bits per heavy atom. The Hall–Kier alpha value is -1.65. The van der Waals surface area contributed by atoms with E-state index < -0.39 is 0 Å². The van der Waals surface area contributed by atoms with Gasteiger partial charge in [-0.05, 0) is 81.0 Å². The van der Waals surface area contributed by atoms with Crippen molar-refractivity contribution in [3.63, 3.8) is 0 Å². The summed E-state index contributed by atoms with van der Waals surface area (Å²) in [4.78, 5) is 32.0. The third-order valence-corrected chi connectivity index (χ3v) is 5.96. The second kappa shape index (κ2) is 12.4. The fraction of sp³-hybridized carbons (Fsp3) is 0.292. The van der Waals surface area contributed by atoms with Crippen LogP contribution in [0.1, 0.15) is 53.3 Å². The van der Waals surface area contributed by atoms with Crippen LogP contribution in [-0.4, -0.2) is 17.9 Å². The SMILES string of the molecule is CC(=O)c1ccc(Cl)c(Cl)c1.O=C(/C=C/C1CC1)c1ccc(Cl)c(Cl)c1.O=CC1CC1. The van der Waals surface area contributed by atoms with Crippen molar-refractivity contribution in [1.29, 1.82) is 0 Å². The van der Waals surface area contributed by atoms with E-state index in [4.69, 9.17) is 46.4 Å². The molecule has 2 aliphatic carbocycles. The summed E-state index contributed by atoms with van der Waals surface area (Å²) in [5, 5.41) is 1.78. The summed E-state index contributed by atoms with van der Waals surface area (Å²) in [6, 6.07) is 9.75. The van der Waals surface area contributed by atoms with Gasteiger partial charge in [0.15, 0.2) is 11.6 Å². The second-order valence-electron chi connectivity index (χ2n) is 7.35. The number of aldehydes is 1. The van der Waals surface area contributed by atoms with E-state index in [-0.39, 0.29) is 11.6 Å². The molecular weight excluding hydrogens is 478 g/mol. The standard InChI is InChI=1S/C12H10Cl2O.C8H6Cl2O.C4H6O/c13-10-5-4-9(7-11(10)14)12(15)6-3-8-1-2-8;1-5(11)6-2-3-7(9)8(10)4-6;5-3-4-1-2-4/h3-8H,1-2H2;2-4H,1H3;3-4H,1-2H2/b6-3+;;. The van der Waals surface area contributed by atoms with Crippen molar-refractivity contribution >= 4 is 64.3 Å². The molecule has 0 N–H and O–H groups in total. The third-order valence-electron chi connectivity index (χ3n) is 4.49. The van der Waals surface area contributed by atoms with Crippen molar-refractivity contribution in [1.82, 2.24) is 0 Å². The number of carbonyl (C=O) groups excluding carboxylic acids is 3. The van der Waals surface area contributed by atoms with Gasteiger partial charge in [-0.25, -0.2) is 0 Å². The van der Waals surface area contributed by atoms with E-state index in [1.54, 1.807) is 42.5 Å². The Bertz CT molecular complexity index is 977. The van der Waals surface area contributed by atoms with Gasteiger partial charge in [-0.3, -0.25) is 9.59 Å². The first-order chi connectivity index (χ1) is 14.7. The van der Waals surface area contributed by atoms with E-state index in [1.165, 1.54) is 19.8 Å². The molecular formula is C24H22Cl4O3. The van der Waals surface area contributed by atoms with E-state index in [2.05, 4.69) is 0 Å². The molecule has 0 unspecified atom stereocenters. The number of ketones is 2. The zero-order valence-corrected chi connectivity index (χ0v) is 19.9. The molecule has 4 rings (SSSR count). The van der Waals surface area contributed by atoms with Crippen molar-refractivity contribution in [3.8, 4) is 0 Å². The molecule has 31 heavy (non-hydrogen) atoms. The first-order valence-corrected chi connectivity index (χ1v) is 11.3. The van der Waals surface area contributed by atoms with E-state index in [9.17, 15) is 14.4 Å². The minimum atomic E-state index is -0.0135. The highest BCUT2D eigenvalue weighted by atomic mass is 35.5. The molecule has 0 aliphatic heterocycles. The van der Waals surface area contributed by atoms with Crippen LogP contribution in [0, 0.1) is 11.8 Å². The molecule has 0 aromatic heterocycles. The summed E-state index contributed by atoms with van der Waals surface area (Å²) in [6.07, 6.45) is 9.30. The monoisotopic (exact) mass is 498 g/mol. The van der Waals surface area contributed by atoms with Crippen LogP contribution in [0.4, 0.5) is 0 Å². The Labute approximate surface area is 202 Å². The summed E-state index contributed by atoms with van der Waals surface area (Å²) >= 11 is 22.9. The zero-order chi connectivity index (χ0) is 23.0. The molecule has 2 aromatic rings. The molecule has 0 heterocycles. The van der Waals surface area contributed by atoms with Gasteiger partial charge in [-0.15, -0.1) is 0 Å². The Kier molecular flexibility index (Phi) is 10.2. The minimum Gasteiger partial charge on any atom is -0.303 e. The molecule has 2 aliphatic rings. The Balaban J connectivity index is 0.000000186. The molecule has 0 atom stereocenters. The lowest BCUT2D eigenvalue weighted by Crippen LogP contribution is -1.94. The lowest BCUT2D eigenvalue weighted by atomic mass is 10.1. The van der Waals surface area contributed by atoms with Crippen LogP contribution < -0.4 is 0 Å². The molecule has 0 saturated heterocycles. The largest absolute Gasteiger partial charge is 0.303 e. The van der Waals surface area contributed by atoms with Crippen LogP contribution in [0.2, 0.25) is 20.1 Å².